The normalized spacial score (nSPS) is 17.2. The Labute approximate surface area is 218 Å². The standard InChI is InChI=1S/C27H27ClFN3O5/c1-15-9-23(26(35)30-11-18-5-4-6-21(28)25(18)29)32(12-15)24(34)14-31-13-20(16(2)33)19-8-7-17(10-22(19)31)27(36)37-3/h4-8,10,13,15,23H,9,11-12,14H2,1-3H3,(H,30,35)/t15-,23-/m0/s1. The summed E-state index contributed by atoms with van der Waals surface area (Å²) in [5, 5.41) is 3.30. The van der Waals surface area contributed by atoms with Crippen molar-refractivity contribution in [2.24, 2.45) is 5.92 Å². The number of halogens is 2. The average molecular weight is 528 g/mol. The molecule has 1 N–H and O–H groups in total. The summed E-state index contributed by atoms with van der Waals surface area (Å²) in [6, 6.07) is 8.65. The summed E-state index contributed by atoms with van der Waals surface area (Å²) in [7, 11) is 1.27. The lowest BCUT2D eigenvalue weighted by Crippen LogP contribution is -2.46. The number of fused-ring (bicyclic) bond motifs is 1. The van der Waals surface area contributed by atoms with Crippen molar-refractivity contribution in [2.45, 2.75) is 39.4 Å². The number of esters is 1. The van der Waals surface area contributed by atoms with E-state index in [1.54, 1.807) is 35.0 Å². The molecule has 4 rings (SSSR count). The van der Waals surface area contributed by atoms with Crippen LogP contribution in [0.4, 0.5) is 4.39 Å². The van der Waals surface area contributed by atoms with Gasteiger partial charge in [-0.05, 0) is 37.5 Å². The van der Waals surface area contributed by atoms with Crippen LogP contribution in [0, 0.1) is 11.7 Å². The minimum Gasteiger partial charge on any atom is -0.465 e. The highest BCUT2D eigenvalue weighted by molar-refractivity contribution is 6.30. The molecule has 2 aromatic carbocycles. The lowest BCUT2D eigenvalue weighted by atomic mass is 10.1. The number of benzene rings is 2. The first-order valence-corrected chi connectivity index (χ1v) is 12.2. The molecular weight excluding hydrogens is 501 g/mol. The number of rotatable bonds is 7. The van der Waals surface area contributed by atoms with Gasteiger partial charge in [0.15, 0.2) is 5.78 Å². The van der Waals surface area contributed by atoms with Crippen LogP contribution in [-0.2, 0) is 27.4 Å². The van der Waals surface area contributed by atoms with E-state index in [0.717, 1.165) is 0 Å². The number of ketones is 1. The number of Topliss-reactive ketones (excluding diaryl/α,β-unsaturated/α-hetero) is 1. The van der Waals surface area contributed by atoms with E-state index in [1.807, 2.05) is 6.92 Å². The van der Waals surface area contributed by atoms with E-state index < -0.39 is 17.8 Å². The van der Waals surface area contributed by atoms with E-state index in [-0.39, 0.29) is 52.8 Å². The number of hydrogen-bond donors (Lipinski definition) is 1. The van der Waals surface area contributed by atoms with E-state index in [9.17, 15) is 23.6 Å². The molecule has 0 saturated carbocycles. The van der Waals surface area contributed by atoms with Gasteiger partial charge >= 0.3 is 5.97 Å². The number of carbonyl (C=O) groups excluding carboxylic acids is 4. The summed E-state index contributed by atoms with van der Waals surface area (Å²) < 4.78 is 20.6. The molecule has 10 heteroatoms. The Kier molecular flexibility index (Phi) is 7.63. The number of nitrogens with one attached hydrogen (secondary N) is 1. The Balaban J connectivity index is 1.56. The summed E-state index contributed by atoms with van der Waals surface area (Å²) in [5.74, 6) is -1.92. The largest absolute Gasteiger partial charge is 0.465 e. The third-order valence-corrected chi connectivity index (χ3v) is 6.90. The molecule has 1 aliphatic rings. The number of nitrogens with zero attached hydrogens (tertiary/aromatic N) is 2. The van der Waals surface area contributed by atoms with Crippen LogP contribution in [0.5, 0.6) is 0 Å². The second-order valence-electron chi connectivity index (χ2n) is 9.28. The first-order chi connectivity index (χ1) is 17.6. The van der Waals surface area contributed by atoms with Crippen molar-refractivity contribution in [3.05, 3.63) is 70.1 Å². The van der Waals surface area contributed by atoms with Crippen molar-refractivity contribution in [3.8, 4) is 0 Å². The summed E-state index contributed by atoms with van der Waals surface area (Å²) in [5.41, 5.74) is 1.50. The van der Waals surface area contributed by atoms with Crippen molar-refractivity contribution >= 4 is 46.1 Å². The van der Waals surface area contributed by atoms with Gasteiger partial charge in [0, 0.05) is 35.8 Å². The van der Waals surface area contributed by atoms with Gasteiger partial charge in [0.1, 0.15) is 18.4 Å². The number of amides is 2. The molecule has 8 nitrogen and oxygen atoms in total. The zero-order valence-electron chi connectivity index (χ0n) is 20.7. The maximum atomic E-state index is 14.2. The summed E-state index contributed by atoms with van der Waals surface area (Å²) >= 11 is 5.83. The van der Waals surface area contributed by atoms with E-state index >= 15 is 0 Å². The summed E-state index contributed by atoms with van der Waals surface area (Å²) in [6.45, 7) is 3.58. The van der Waals surface area contributed by atoms with E-state index in [0.29, 0.717) is 29.4 Å². The molecule has 2 atom stereocenters. The third kappa shape index (κ3) is 5.36. The topological polar surface area (TPSA) is 97.7 Å². The Morgan fingerprint density at radius 3 is 2.65 bits per heavy atom. The number of carbonyl (C=O) groups is 4. The second kappa shape index (κ2) is 10.7. The van der Waals surface area contributed by atoms with Gasteiger partial charge in [-0.1, -0.05) is 36.7 Å². The molecule has 1 saturated heterocycles. The Morgan fingerprint density at radius 2 is 1.95 bits per heavy atom. The number of likely N-dealkylation sites (tertiary alicyclic amines) is 1. The molecule has 0 bridgehead atoms. The van der Waals surface area contributed by atoms with Gasteiger partial charge in [-0.15, -0.1) is 0 Å². The smallest absolute Gasteiger partial charge is 0.337 e. The Bertz CT molecular complexity index is 1400. The highest BCUT2D eigenvalue weighted by Gasteiger charge is 2.37. The molecule has 37 heavy (non-hydrogen) atoms. The molecule has 3 aromatic rings. The van der Waals surface area contributed by atoms with Crippen LogP contribution in [0.1, 0.15) is 46.5 Å². The molecular formula is C27H27ClFN3O5. The van der Waals surface area contributed by atoms with Crippen molar-refractivity contribution in [3.63, 3.8) is 0 Å². The molecule has 194 valence electrons. The van der Waals surface area contributed by atoms with Crippen LogP contribution >= 0.6 is 11.6 Å². The van der Waals surface area contributed by atoms with Crippen LogP contribution in [0.15, 0.2) is 42.6 Å². The van der Waals surface area contributed by atoms with Gasteiger partial charge in [-0.2, -0.15) is 0 Å². The SMILES string of the molecule is COC(=O)c1ccc2c(C(C)=O)cn(CC(=O)N3C[C@@H](C)C[C@H]3C(=O)NCc3cccc(Cl)c3F)c2c1. The summed E-state index contributed by atoms with van der Waals surface area (Å²) in [6.07, 6.45) is 2.05. The average Bonchev–Trinajstić information content (AvgIpc) is 3.44. The lowest BCUT2D eigenvalue weighted by Gasteiger charge is -2.24. The number of methoxy groups -OCH3 is 1. The zero-order chi connectivity index (χ0) is 26.9. The minimum atomic E-state index is -0.718. The van der Waals surface area contributed by atoms with Gasteiger partial charge < -0.3 is 19.5 Å². The van der Waals surface area contributed by atoms with Gasteiger partial charge in [-0.3, -0.25) is 14.4 Å². The van der Waals surface area contributed by atoms with Crippen molar-refractivity contribution < 1.29 is 28.3 Å². The van der Waals surface area contributed by atoms with Gasteiger partial charge in [0.25, 0.3) is 0 Å². The number of aromatic nitrogens is 1. The van der Waals surface area contributed by atoms with Crippen LogP contribution in [0.2, 0.25) is 5.02 Å². The van der Waals surface area contributed by atoms with Gasteiger partial charge in [0.05, 0.1) is 23.2 Å². The van der Waals surface area contributed by atoms with E-state index in [4.69, 9.17) is 16.3 Å². The molecule has 2 heterocycles. The molecule has 1 aromatic heterocycles. The molecule has 0 aliphatic carbocycles. The van der Waals surface area contributed by atoms with Gasteiger partial charge in [0.2, 0.25) is 11.8 Å². The quantitative estimate of drug-likeness (QED) is 0.370. The van der Waals surface area contributed by atoms with E-state index in [1.165, 1.54) is 31.1 Å². The third-order valence-electron chi connectivity index (χ3n) is 6.61. The lowest BCUT2D eigenvalue weighted by molar-refractivity contribution is -0.138. The highest BCUT2D eigenvalue weighted by atomic mass is 35.5. The highest BCUT2D eigenvalue weighted by Crippen LogP contribution is 2.27. The van der Waals surface area contributed by atoms with Crippen LogP contribution in [0.3, 0.4) is 0 Å². The number of ether oxygens (including phenoxy) is 1. The summed E-state index contributed by atoms with van der Waals surface area (Å²) in [4.78, 5) is 52.2. The predicted octanol–water partition coefficient (Wildman–Crippen LogP) is 3.98. The molecule has 1 aliphatic heterocycles. The zero-order valence-corrected chi connectivity index (χ0v) is 21.5. The first kappa shape index (κ1) is 26.3. The fourth-order valence-corrected chi connectivity index (χ4v) is 4.93. The van der Waals surface area contributed by atoms with Crippen molar-refractivity contribution in [1.29, 1.82) is 0 Å². The monoisotopic (exact) mass is 527 g/mol. The fourth-order valence-electron chi connectivity index (χ4n) is 4.74. The molecule has 2 amide bonds. The molecule has 1 fully saturated rings. The molecule has 0 spiro atoms. The molecule has 0 radical (unpaired) electrons. The predicted molar refractivity (Wildman–Crippen MR) is 136 cm³/mol. The molecule has 0 unspecified atom stereocenters. The first-order valence-electron chi connectivity index (χ1n) is 11.8. The van der Waals surface area contributed by atoms with Crippen LogP contribution < -0.4 is 5.32 Å². The van der Waals surface area contributed by atoms with Crippen LogP contribution in [-0.4, -0.2) is 52.7 Å². The van der Waals surface area contributed by atoms with Crippen molar-refractivity contribution in [2.75, 3.05) is 13.7 Å². The Morgan fingerprint density at radius 1 is 1.19 bits per heavy atom. The maximum Gasteiger partial charge on any atom is 0.337 e. The maximum absolute atomic E-state index is 14.2. The minimum absolute atomic E-state index is 0.0303. The number of hydrogen-bond acceptors (Lipinski definition) is 5. The Hall–Kier alpha value is -3.72. The fraction of sp³-hybridized carbons (Fsp3) is 0.333. The van der Waals surface area contributed by atoms with Crippen molar-refractivity contribution in [1.82, 2.24) is 14.8 Å². The van der Waals surface area contributed by atoms with Gasteiger partial charge in [-0.25, -0.2) is 9.18 Å². The van der Waals surface area contributed by atoms with E-state index in [2.05, 4.69) is 5.32 Å². The van der Waals surface area contributed by atoms with Crippen LogP contribution in [0.25, 0.3) is 10.9 Å². The second-order valence-corrected chi connectivity index (χ2v) is 9.69.